The third-order valence-corrected chi connectivity index (χ3v) is 3.69. The Morgan fingerprint density at radius 3 is 2.59 bits per heavy atom. The molecule has 2 aromatic carbocycles. The molecule has 5 heteroatoms. The maximum Gasteiger partial charge on any atom is 0.201 e. The first-order valence-electron chi connectivity index (χ1n) is 7.26. The van der Waals surface area contributed by atoms with E-state index < -0.39 is 6.29 Å². The molecule has 0 aliphatic carbocycles. The van der Waals surface area contributed by atoms with E-state index in [1.54, 1.807) is 18.2 Å². The Labute approximate surface area is 134 Å². The number of rotatable bonds is 6. The number of aliphatic hydroxyl groups is 1. The summed E-state index contributed by atoms with van der Waals surface area (Å²) in [5.41, 5.74) is 1.01. The van der Waals surface area contributed by atoms with E-state index in [0.717, 1.165) is 18.7 Å². The van der Waals surface area contributed by atoms with Crippen molar-refractivity contribution in [1.82, 2.24) is 5.32 Å². The van der Waals surface area contributed by atoms with Gasteiger partial charge in [0.25, 0.3) is 0 Å². The van der Waals surface area contributed by atoms with Crippen LogP contribution in [0.15, 0.2) is 48.5 Å². The normalized spacial score (nSPS) is 15.9. The number of aliphatic hydroxyl groups excluding tert-OH is 1. The molecular weight excluding hydrogens is 302 g/mol. The third-order valence-electron chi connectivity index (χ3n) is 3.46. The number of hydrogen-bond donors (Lipinski definition) is 2. The molecule has 0 aromatic heterocycles. The van der Waals surface area contributed by atoms with E-state index in [1.807, 2.05) is 30.3 Å². The van der Waals surface area contributed by atoms with Crippen molar-refractivity contribution in [3.05, 3.63) is 59.1 Å². The Kier molecular flexibility index (Phi) is 4.83. The Balaban J connectivity index is 1.67. The Hall–Kier alpha value is -1.75. The average Bonchev–Trinajstić information content (AvgIpc) is 2.46. The fourth-order valence-corrected chi connectivity index (χ4v) is 2.36. The molecule has 1 saturated heterocycles. The van der Waals surface area contributed by atoms with Crippen molar-refractivity contribution in [3.63, 3.8) is 0 Å². The summed E-state index contributed by atoms with van der Waals surface area (Å²) in [5, 5.41) is 13.8. The number of halogens is 1. The van der Waals surface area contributed by atoms with Crippen LogP contribution in [0.1, 0.15) is 5.56 Å². The molecule has 1 unspecified atom stereocenters. The second-order valence-corrected chi connectivity index (χ2v) is 5.69. The molecule has 1 aliphatic rings. The number of ether oxygens (including phenoxy) is 2. The van der Waals surface area contributed by atoms with E-state index in [0.29, 0.717) is 22.9 Å². The highest BCUT2D eigenvalue weighted by Crippen LogP contribution is 2.32. The van der Waals surface area contributed by atoms with Crippen LogP contribution in [0.2, 0.25) is 5.02 Å². The van der Waals surface area contributed by atoms with Crippen molar-refractivity contribution >= 4 is 11.6 Å². The van der Waals surface area contributed by atoms with Crippen molar-refractivity contribution in [2.45, 2.75) is 18.8 Å². The minimum atomic E-state index is -0.939. The van der Waals surface area contributed by atoms with Crippen LogP contribution in [0.4, 0.5) is 0 Å². The van der Waals surface area contributed by atoms with Gasteiger partial charge in [0.15, 0.2) is 11.5 Å². The summed E-state index contributed by atoms with van der Waals surface area (Å²) in [6, 6.07) is 14.9. The zero-order valence-corrected chi connectivity index (χ0v) is 12.8. The van der Waals surface area contributed by atoms with E-state index in [2.05, 4.69) is 5.32 Å². The van der Waals surface area contributed by atoms with Gasteiger partial charge in [0.2, 0.25) is 6.29 Å². The van der Waals surface area contributed by atoms with Crippen molar-refractivity contribution in [2.24, 2.45) is 0 Å². The molecule has 116 valence electrons. The monoisotopic (exact) mass is 319 g/mol. The zero-order valence-electron chi connectivity index (χ0n) is 12.0. The van der Waals surface area contributed by atoms with Gasteiger partial charge in [-0.1, -0.05) is 41.9 Å². The van der Waals surface area contributed by atoms with Crippen LogP contribution in [-0.4, -0.2) is 30.6 Å². The lowest BCUT2D eigenvalue weighted by Crippen LogP contribution is -2.50. The van der Waals surface area contributed by atoms with E-state index in [9.17, 15) is 5.11 Å². The van der Waals surface area contributed by atoms with Gasteiger partial charge in [-0.2, -0.15) is 0 Å². The summed E-state index contributed by atoms with van der Waals surface area (Å²) < 4.78 is 11.5. The fourth-order valence-electron chi connectivity index (χ4n) is 2.20. The smallest absolute Gasteiger partial charge is 0.201 e. The number of hydrogen-bond acceptors (Lipinski definition) is 4. The summed E-state index contributed by atoms with van der Waals surface area (Å²) in [5.74, 6) is 1.06. The Morgan fingerprint density at radius 1 is 1.14 bits per heavy atom. The highest BCUT2D eigenvalue weighted by Gasteiger charge is 2.21. The molecule has 2 N–H and O–H groups in total. The molecule has 0 amide bonds. The van der Waals surface area contributed by atoms with Crippen molar-refractivity contribution in [2.75, 3.05) is 13.1 Å². The Bertz CT molecular complexity index is 617. The van der Waals surface area contributed by atoms with Gasteiger partial charge in [-0.3, -0.25) is 0 Å². The highest BCUT2D eigenvalue weighted by molar-refractivity contribution is 6.30. The molecule has 1 aliphatic heterocycles. The molecule has 2 aromatic rings. The summed E-state index contributed by atoms with van der Waals surface area (Å²) in [7, 11) is 0. The Morgan fingerprint density at radius 2 is 1.91 bits per heavy atom. The fraction of sp³-hybridized carbons (Fsp3) is 0.294. The zero-order chi connectivity index (χ0) is 15.4. The molecular formula is C17H18ClNO3. The van der Waals surface area contributed by atoms with E-state index in [-0.39, 0.29) is 6.10 Å². The number of nitrogens with one attached hydrogen (secondary N) is 1. The molecule has 22 heavy (non-hydrogen) atoms. The maximum atomic E-state index is 10.1. The van der Waals surface area contributed by atoms with Gasteiger partial charge < -0.3 is 19.9 Å². The minimum Gasteiger partial charge on any atom is -0.484 e. The third kappa shape index (κ3) is 3.91. The van der Waals surface area contributed by atoms with Gasteiger partial charge in [-0.15, -0.1) is 0 Å². The topological polar surface area (TPSA) is 50.7 Å². The van der Waals surface area contributed by atoms with Crippen LogP contribution in [0, 0.1) is 0 Å². The van der Waals surface area contributed by atoms with Crippen LogP contribution in [0.5, 0.6) is 11.5 Å². The first-order chi connectivity index (χ1) is 10.7. The van der Waals surface area contributed by atoms with Crippen LogP contribution in [-0.2, 0) is 6.42 Å². The largest absolute Gasteiger partial charge is 0.484 e. The van der Waals surface area contributed by atoms with Gasteiger partial charge in [0.1, 0.15) is 6.10 Å². The van der Waals surface area contributed by atoms with Gasteiger partial charge >= 0.3 is 0 Å². The predicted molar refractivity (Wildman–Crippen MR) is 85.5 cm³/mol. The van der Waals surface area contributed by atoms with E-state index in [1.165, 1.54) is 0 Å². The van der Waals surface area contributed by atoms with Crippen molar-refractivity contribution < 1.29 is 14.6 Å². The SMILES string of the molecule is OC(Cc1ccccc1)Oc1ccc(Cl)cc1OC1CNC1. The maximum absolute atomic E-state index is 10.1. The molecule has 1 atom stereocenters. The van der Waals surface area contributed by atoms with E-state index in [4.69, 9.17) is 21.1 Å². The highest BCUT2D eigenvalue weighted by atomic mass is 35.5. The first kappa shape index (κ1) is 15.2. The molecule has 0 spiro atoms. The molecule has 3 rings (SSSR count). The molecule has 0 bridgehead atoms. The van der Waals surface area contributed by atoms with Gasteiger partial charge in [-0.25, -0.2) is 0 Å². The van der Waals surface area contributed by atoms with Crippen LogP contribution < -0.4 is 14.8 Å². The summed E-state index contributed by atoms with van der Waals surface area (Å²) in [4.78, 5) is 0. The van der Waals surface area contributed by atoms with Gasteiger partial charge in [0.05, 0.1) is 0 Å². The second-order valence-electron chi connectivity index (χ2n) is 5.25. The lowest BCUT2D eigenvalue weighted by molar-refractivity contribution is -0.0191. The number of benzene rings is 2. The summed E-state index contributed by atoms with van der Waals surface area (Å²) >= 11 is 6.01. The van der Waals surface area contributed by atoms with Gasteiger partial charge in [0, 0.05) is 30.6 Å². The first-order valence-corrected chi connectivity index (χ1v) is 7.64. The van der Waals surface area contributed by atoms with Crippen LogP contribution in [0.25, 0.3) is 0 Å². The lowest BCUT2D eigenvalue weighted by atomic mass is 10.1. The van der Waals surface area contributed by atoms with E-state index >= 15 is 0 Å². The average molecular weight is 320 g/mol. The summed E-state index contributed by atoms with van der Waals surface area (Å²) in [6.07, 6.45) is -0.411. The van der Waals surface area contributed by atoms with Crippen LogP contribution >= 0.6 is 11.6 Å². The minimum absolute atomic E-state index is 0.118. The molecule has 1 heterocycles. The standard InChI is InChI=1S/C17H18ClNO3/c18-13-6-7-15(16(9-13)21-14-10-19-11-14)22-17(20)8-12-4-2-1-3-5-12/h1-7,9,14,17,19-20H,8,10-11H2. The molecule has 0 radical (unpaired) electrons. The molecule has 4 nitrogen and oxygen atoms in total. The lowest BCUT2D eigenvalue weighted by Gasteiger charge is -2.29. The summed E-state index contributed by atoms with van der Waals surface area (Å²) in [6.45, 7) is 1.61. The van der Waals surface area contributed by atoms with Gasteiger partial charge in [-0.05, 0) is 17.7 Å². The van der Waals surface area contributed by atoms with Crippen LogP contribution in [0.3, 0.4) is 0 Å². The van der Waals surface area contributed by atoms with Crippen molar-refractivity contribution in [3.8, 4) is 11.5 Å². The quantitative estimate of drug-likeness (QED) is 0.804. The molecule has 1 fully saturated rings. The molecule has 0 saturated carbocycles. The van der Waals surface area contributed by atoms with Crippen molar-refractivity contribution in [1.29, 1.82) is 0 Å². The predicted octanol–water partition coefficient (Wildman–Crippen LogP) is 2.63. The second kappa shape index (κ2) is 7.01.